The minimum Gasteiger partial charge on any atom is -0.384 e. The quantitative estimate of drug-likeness (QED) is 0.554. The molecule has 0 radical (unpaired) electrons. The zero-order valence-electron chi connectivity index (χ0n) is 6.69. The topological polar surface area (TPSA) is 41.1 Å². The van der Waals surface area contributed by atoms with Gasteiger partial charge in [-0.15, -0.1) is 0 Å². The molecule has 1 amide bonds. The van der Waals surface area contributed by atoms with E-state index in [0.29, 0.717) is 5.70 Å². The second kappa shape index (κ2) is 3.93. The van der Waals surface area contributed by atoms with Crippen LogP contribution in [0.25, 0.3) is 0 Å². The van der Waals surface area contributed by atoms with Gasteiger partial charge in [-0.25, -0.2) is 0 Å². The van der Waals surface area contributed by atoms with Gasteiger partial charge in [0, 0.05) is 13.1 Å². The molecule has 2 N–H and O–H groups in total. The van der Waals surface area contributed by atoms with Crippen molar-refractivity contribution in [1.82, 2.24) is 10.6 Å². The fourth-order valence-corrected chi connectivity index (χ4v) is 0.463. The fourth-order valence-electron chi connectivity index (χ4n) is 0.463. The van der Waals surface area contributed by atoms with Crippen molar-refractivity contribution in [1.29, 1.82) is 0 Å². The molecule has 0 aromatic carbocycles. The van der Waals surface area contributed by atoms with Crippen LogP contribution in [0.4, 0.5) is 0 Å². The van der Waals surface area contributed by atoms with Gasteiger partial charge in [0.2, 0.25) is 0 Å². The van der Waals surface area contributed by atoms with E-state index in [1.807, 2.05) is 13.8 Å². The van der Waals surface area contributed by atoms with E-state index >= 15 is 0 Å². The summed E-state index contributed by atoms with van der Waals surface area (Å²) in [6.07, 6.45) is 0. The third-order valence-corrected chi connectivity index (χ3v) is 0.996. The highest BCUT2D eigenvalue weighted by molar-refractivity contribution is 5.92. The van der Waals surface area contributed by atoms with Crippen molar-refractivity contribution in [2.24, 2.45) is 0 Å². The van der Waals surface area contributed by atoms with Crippen LogP contribution in [0, 0.1) is 0 Å². The number of likely N-dealkylation sites (N-methyl/N-ethyl adjacent to an activating group) is 1. The summed E-state index contributed by atoms with van der Waals surface area (Å²) in [6, 6.07) is 0.164. The van der Waals surface area contributed by atoms with E-state index in [2.05, 4.69) is 17.2 Å². The smallest absolute Gasteiger partial charge is 0.266 e. The van der Waals surface area contributed by atoms with E-state index in [1.165, 1.54) is 0 Å². The molecule has 0 fully saturated rings. The lowest BCUT2D eigenvalue weighted by molar-refractivity contribution is -0.118. The van der Waals surface area contributed by atoms with Crippen molar-refractivity contribution >= 4 is 5.91 Å². The molecule has 3 nitrogen and oxygen atoms in total. The molecule has 0 spiro atoms. The summed E-state index contributed by atoms with van der Waals surface area (Å²) in [5, 5.41) is 5.36. The molecule has 0 bridgehead atoms. The first kappa shape index (κ1) is 9.01. The van der Waals surface area contributed by atoms with Gasteiger partial charge in [-0.05, 0) is 13.8 Å². The molecule has 0 saturated carbocycles. The predicted molar refractivity (Wildman–Crippen MR) is 41.5 cm³/mol. The molecule has 3 heteroatoms. The van der Waals surface area contributed by atoms with Gasteiger partial charge < -0.3 is 10.6 Å². The molecule has 0 atom stereocenters. The first-order valence-corrected chi connectivity index (χ1v) is 3.25. The van der Waals surface area contributed by atoms with Gasteiger partial charge in [-0.1, -0.05) is 6.58 Å². The lowest BCUT2D eigenvalue weighted by Gasteiger charge is -2.08. The van der Waals surface area contributed by atoms with Crippen LogP contribution in [0.15, 0.2) is 12.3 Å². The van der Waals surface area contributed by atoms with E-state index < -0.39 is 0 Å². The van der Waals surface area contributed by atoms with E-state index in [0.717, 1.165) is 0 Å². The Morgan fingerprint density at radius 2 is 2.00 bits per heavy atom. The third kappa shape index (κ3) is 3.12. The Bertz CT molecular complexity index is 141. The molecular weight excluding hydrogens is 128 g/mol. The van der Waals surface area contributed by atoms with Crippen molar-refractivity contribution in [2.75, 3.05) is 7.05 Å². The highest BCUT2D eigenvalue weighted by Crippen LogP contribution is 1.84. The van der Waals surface area contributed by atoms with Crippen LogP contribution in [-0.4, -0.2) is 19.0 Å². The summed E-state index contributed by atoms with van der Waals surface area (Å²) in [5.41, 5.74) is 0.397. The fraction of sp³-hybridized carbons (Fsp3) is 0.571. The minimum atomic E-state index is -0.141. The van der Waals surface area contributed by atoms with Gasteiger partial charge in [0.05, 0.1) is 5.70 Å². The SMILES string of the molecule is C=C(NC)C(=O)NC(C)C. The Kier molecular flexibility index (Phi) is 3.54. The zero-order chi connectivity index (χ0) is 8.15. The number of rotatable bonds is 3. The molecular formula is C7H14N2O. The van der Waals surface area contributed by atoms with Crippen LogP contribution in [0.3, 0.4) is 0 Å². The normalized spacial score (nSPS) is 9.20. The number of carbonyl (C=O) groups is 1. The average Bonchev–Trinajstić information content (AvgIpc) is 1.85. The largest absolute Gasteiger partial charge is 0.384 e. The van der Waals surface area contributed by atoms with Crippen LogP contribution < -0.4 is 10.6 Å². The van der Waals surface area contributed by atoms with E-state index in [1.54, 1.807) is 7.05 Å². The highest BCUT2D eigenvalue weighted by Gasteiger charge is 2.04. The van der Waals surface area contributed by atoms with Crippen molar-refractivity contribution in [2.45, 2.75) is 19.9 Å². The standard InChI is InChI=1S/C7H14N2O/c1-5(2)9-7(10)6(3)8-4/h5,8H,3H2,1-2,4H3,(H,9,10). The number of nitrogens with one attached hydrogen (secondary N) is 2. The molecule has 0 aromatic heterocycles. The summed E-state index contributed by atoms with van der Waals surface area (Å²) in [4.78, 5) is 10.9. The molecule has 0 aliphatic carbocycles. The minimum absolute atomic E-state index is 0.141. The summed E-state index contributed by atoms with van der Waals surface area (Å²) >= 11 is 0. The number of hydrogen-bond acceptors (Lipinski definition) is 2. The Morgan fingerprint density at radius 3 is 2.30 bits per heavy atom. The molecule has 58 valence electrons. The van der Waals surface area contributed by atoms with Gasteiger partial charge in [0.15, 0.2) is 0 Å². The molecule has 0 unspecified atom stereocenters. The molecule has 10 heavy (non-hydrogen) atoms. The Labute approximate surface area is 61.5 Å². The summed E-state index contributed by atoms with van der Waals surface area (Å²) < 4.78 is 0. The van der Waals surface area contributed by atoms with Crippen LogP contribution in [0.1, 0.15) is 13.8 Å². The van der Waals surface area contributed by atoms with Gasteiger partial charge in [0.1, 0.15) is 0 Å². The van der Waals surface area contributed by atoms with Crippen molar-refractivity contribution in [3.63, 3.8) is 0 Å². The zero-order valence-corrected chi connectivity index (χ0v) is 6.69. The van der Waals surface area contributed by atoms with Crippen LogP contribution in [-0.2, 0) is 4.79 Å². The molecule has 0 aromatic rings. The third-order valence-electron chi connectivity index (χ3n) is 0.996. The average molecular weight is 142 g/mol. The van der Waals surface area contributed by atoms with Gasteiger partial charge in [-0.3, -0.25) is 4.79 Å². The lowest BCUT2D eigenvalue weighted by Crippen LogP contribution is -2.34. The van der Waals surface area contributed by atoms with E-state index in [9.17, 15) is 4.79 Å². The molecule has 0 rings (SSSR count). The maximum absolute atomic E-state index is 10.9. The van der Waals surface area contributed by atoms with Crippen molar-refractivity contribution < 1.29 is 4.79 Å². The summed E-state index contributed by atoms with van der Waals surface area (Å²) in [6.45, 7) is 7.31. The van der Waals surface area contributed by atoms with Crippen molar-refractivity contribution in [3.8, 4) is 0 Å². The maximum Gasteiger partial charge on any atom is 0.266 e. The molecule has 0 heterocycles. The number of hydrogen-bond donors (Lipinski definition) is 2. The van der Waals surface area contributed by atoms with Crippen LogP contribution >= 0.6 is 0 Å². The van der Waals surface area contributed by atoms with Crippen LogP contribution in [0.5, 0.6) is 0 Å². The Hall–Kier alpha value is -0.990. The summed E-state index contributed by atoms with van der Waals surface area (Å²) in [5.74, 6) is -0.141. The monoisotopic (exact) mass is 142 g/mol. The maximum atomic E-state index is 10.9. The van der Waals surface area contributed by atoms with E-state index in [4.69, 9.17) is 0 Å². The van der Waals surface area contributed by atoms with E-state index in [-0.39, 0.29) is 11.9 Å². The molecule has 0 aliphatic heterocycles. The predicted octanol–water partition coefficient (Wildman–Crippen LogP) is 0.244. The first-order chi connectivity index (χ1) is 4.57. The van der Waals surface area contributed by atoms with Gasteiger partial charge >= 0.3 is 0 Å². The second-order valence-electron chi connectivity index (χ2n) is 2.36. The van der Waals surface area contributed by atoms with Crippen LogP contribution in [0.2, 0.25) is 0 Å². The lowest BCUT2D eigenvalue weighted by atomic mass is 10.3. The Morgan fingerprint density at radius 1 is 1.50 bits per heavy atom. The first-order valence-electron chi connectivity index (χ1n) is 3.25. The summed E-state index contributed by atoms with van der Waals surface area (Å²) in [7, 11) is 1.67. The van der Waals surface area contributed by atoms with Gasteiger partial charge in [-0.2, -0.15) is 0 Å². The number of amides is 1. The molecule has 0 saturated heterocycles. The second-order valence-corrected chi connectivity index (χ2v) is 2.36. The van der Waals surface area contributed by atoms with Gasteiger partial charge in [0.25, 0.3) is 5.91 Å². The Balaban J connectivity index is 3.74. The van der Waals surface area contributed by atoms with Crippen molar-refractivity contribution in [3.05, 3.63) is 12.3 Å². The number of carbonyl (C=O) groups excluding carboxylic acids is 1. The molecule has 0 aliphatic rings. The highest BCUT2D eigenvalue weighted by atomic mass is 16.2.